The summed E-state index contributed by atoms with van der Waals surface area (Å²) < 4.78 is 7.94. The number of piperidine rings is 1. The van der Waals surface area contributed by atoms with E-state index in [0.717, 1.165) is 62.5 Å². The minimum absolute atomic E-state index is 0.00779. The van der Waals surface area contributed by atoms with Gasteiger partial charge in [-0.1, -0.05) is 24.8 Å². The molecular weight excluding hydrogens is 440 g/mol. The van der Waals surface area contributed by atoms with Crippen LogP contribution in [0.3, 0.4) is 0 Å². The van der Waals surface area contributed by atoms with Gasteiger partial charge in [-0.2, -0.15) is 0 Å². The molecule has 2 N–H and O–H groups in total. The number of benzene rings is 2. The molecule has 0 bridgehead atoms. The van der Waals surface area contributed by atoms with Gasteiger partial charge in [0.25, 0.3) is 5.91 Å². The van der Waals surface area contributed by atoms with Gasteiger partial charge in [-0.3, -0.25) is 9.59 Å². The molecule has 0 radical (unpaired) electrons. The Bertz CT molecular complexity index is 1230. The van der Waals surface area contributed by atoms with Crippen LogP contribution in [0.1, 0.15) is 47.9 Å². The quantitative estimate of drug-likeness (QED) is 0.527. The van der Waals surface area contributed by atoms with Crippen LogP contribution < -0.4 is 10.5 Å². The average Bonchev–Trinajstić information content (AvgIpc) is 3.29. The van der Waals surface area contributed by atoms with Gasteiger partial charge in [0.15, 0.2) is 0 Å². The Balaban J connectivity index is 1.41. The Kier molecular flexibility index (Phi) is 6.40. The number of rotatable bonds is 6. The zero-order valence-electron chi connectivity index (χ0n) is 19.7. The molecule has 2 aliphatic heterocycles. The molecule has 1 atom stereocenters. The SMILES string of the molecule is C=CC(=O)N1CCC(C2CCCn3c2nc(-c2ccc(Oc4ccccc4)cc2)c3C(N)=O)CC1. The number of fused-ring (bicyclic) bond motifs is 1. The second-order valence-corrected chi connectivity index (χ2v) is 9.24. The number of primary amides is 1. The fourth-order valence-corrected chi connectivity index (χ4v) is 5.43. The number of nitrogens with two attached hydrogens (primary N) is 1. The molecule has 2 amide bonds. The fourth-order valence-electron chi connectivity index (χ4n) is 5.43. The molecule has 0 spiro atoms. The van der Waals surface area contributed by atoms with E-state index in [0.29, 0.717) is 23.1 Å². The second-order valence-electron chi connectivity index (χ2n) is 9.24. The van der Waals surface area contributed by atoms with Crippen LogP contribution in [0.2, 0.25) is 0 Å². The van der Waals surface area contributed by atoms with Crippen LogP contribution in [0.5, 0.6) is 11.5 Å². The third kappa shape index (κ3) is 4.58. The van der Waals surface area contributed by atoms with Crippen molar-refractivity contribution in [2.45, 2.75) is 38.1 Å². The van der Waals surface area contributed by atoms with E-state index in [9.17, 15) is 9.59 Å². The molecule has 3 aromatic rings. The molecule has 3 heterocycles. The summed E-state index contributed by atoms with van der Waals surface area (Å²) >= 11 is 0. The highest BCUT2D eigenvalue weighted by atomic mass is 16.5. The summed E-state index contributed by atoms with van der Waals surface area (Å²) in [5.41, 5.74) is 7.81. The van der Waals surface area contributed by atoms with Crippen molar-refractivity contribution in [1.29, 1.82) is 0 Å². The molecule has 1 saturated heterocycles. The molecule has 2 aromatic carbocycles. The Morgan fingerprint density at radius 1 is 0.971 bits per heavy atom. The maximum atomic E-state index is 12.6. The van der Waals surface area contributed by atoms with Gasteiger partial charge >= 0.3 is 0 Å². The van der Waals surface area contributed by atoms with Crippen molar-refractivity contribution in [3.8, 4) is 22.8 Å². The number of para-hydroxylation sites is 1. The Labute approximate surface area is 205 Å². The Morgan fingerprint density at radius 2 is 1.66 bits per heavy atom. The molecular formula is C28H30N4O3. The van der Waals surface area contributed by atoms with E-state index in [4.69, 9.17) is 15.5 Å². The van der Waals surface area contributed by atoms with Crippen molar-refractivity contribution in [3.05, 3.63) is 78.8 Å². The number of hydrogen-bond donors (Lipinski definition) is 1. The fraction of sp³-hybridized carbons (Fsp3) is 0.321. The number of carbonyl (C=O) groups excluding carboxylic acids is 2. The smallest absolute Gasteiger partial charge is 0.267 e. The summed E-state index contributed by atoms with van der Waals surface area (Å²) in [5, 5.41) is 0. The molecule has 0 aliphatic carbocycles. The van der Waals surface area contributed by atoms with E-state index in [1.807, 2.05) is 64.1 Å². The van der Waals surface area contributed by atoms with E-state index in [1.54, 1.807) is 0 Å². The van der Waals surface area contributed by atoms with Crippen molar-refractivity contribution < 1.29 is 14.3 Å². The van der Waals surface area contributed by atoms with E-state index < -0.39 is 5.91 Å². The third-order valence-corrected chi connectivity index (χ3v) is 7.16. The number of amides is 2. The number of aromatic nitrogens is 2. The van der Waals surface area contributed by atoms with Crippen molar-refractivity contribution >= 4 is 11.8 Å². The minimum atomic E-state index is -0.463. The predicted molar refractivity (Wildman–Crippen MR) is 134 cm³/mol. The van der Waals surface area contributed by atoms with E-state index in [1.165, 1.54) is 6.08 Å². The van der Waals surface area contributed by atoms with Gasteiger partial charge in [-0.15, -0.1) is 0 Å². The highest BCUT2D eigenvalue weighted by molar-refractivity contribution is 5.97. The van der Waals surface area contributed by atoms with Crippen LogP contribution in [-0.2, 0) is 11.3 Å². The molecule has 7 nitrogen and oxygen atoms in total. The lowest BCUT2D eigenvalue weighted by Gasteiger charge is -2.37. The standard InChI is InChI=1S/C28H30N4O3/c1-2-24(33)31-17-14-19(15-18-31)23-9-6-16-32-26(27(29)34)25(30-28(23)32)20-10-12-22(13-11-20)35-21-7-4-3-5-8-21/h2-5,7-8,10-13,19,23H,1,6,9,14-18H2,(H2,29,34). The maximum absolute atomic E-state index is 12.6. The van der Waals surface area contributed by atoms with E-state index in [2.05, 4.69) is 6.58 Å². The number of nitrogens with zero attached hydrogens (tertiary/aromatic N) is 3. The molecule has 1 aromatic heterocycles. The van der Waals surface area contributed by atoms with Gasteiger partial charge in [0, 0.05) is 31.1 Å². The Morgan fingerprint density at radius 3 is 2.31 bits per heavy atom. The minimum Gasteiger partial charge on any atom is -0.457 e. The molecule has 0 saturated carbocycles. The number of carbonyl (C=O) groups is 2. The third-order valence-electron chi connectivity index (χ3n) is 7.16. The van der Waals surface area contributed by atoms with Gasteiger partial charge in [-0.05, 0) is 74.1 Å². The second kappa shape index (κ2) is 9.78. The molecule has 7 heteroatoms. The van der Waals surface area contributed by atoms with E-state index >= 15 is 0 Å². The van der Waals surface area contributed by atoms with Crippen LogP contribution in [0, 0.1) is 5.92 Å². The number of imidazole rings is 1. The topological polar surface area (TPSA) is 90.4 Å². The molecule has 1 unspecified atom stereocenters. The van der Waals surface area contributed by atoms with Gasteiger partial charge < -0.3 is 19.9 Å². The summed E-state index contributed by atoms with van der Waals surface area (Å²) in [6.07, 6.45) is 5.23. The zero-order chi connectivity index (χ0) is 24.4. The molecule has 1 fully saturated rings. The van der Waals surface area contributed by atoms with Crippen LogP contribution in [0.25, 0.3) is 11.3 Å². The lowest BCUT2D eigenvalue weighted by molar-refractivity contribution is -0.127. The van der Waals surface area contributed by atoms with Gasteiger partial charge in [0.2, 0.25) is 5.91 Å². The summed E-state index contributed by atoms with van der Waals surface area (Å²) in [6, 6.07) is 17.2. The first-order chi connectivity index (χ1) is 17.0. The largest absolute Gasteiger partial charge is 0.457 e. The first-order valence-electron chi connectivity index (χ1n) is 12.2. The summed E-state index contributed by atoms with van der Waals surface area (Å²) in [7, 11) is 0. The molecule has 180 valence electrons. The van der Waals surface area contributed by atoms with Crippen LogP contribution >= 0.6 is 0 Å². The number of likely N-dealkylation sites (tertiary alicyclic amines) is 1. The monoisotopic (exact) mass is 470 g/mol. The van der Waals surface area contributed by atoms with Crippen LogP contribution in [-0.4, -0.2) is 39.4 Å². The normalized spacial score (nSPS) is 18.1. The van der Waals surface area contributed by atoms with Crippen LogP contribution in [0.4, 0.5) is 0 Å². The summed E-state index contributed by atoms with van der Waals surface area (Å²) in [5.74, 6) is 2.61. The first-order valence-corrected chi connectivity index (χ1v) is 12.2. The molecule has 2 aliphatic rings. The highest BCUT2D eigenvalue weighted by Crippen LogP contribution is 2.41. The number of ether oxygens (including phenoxy) is 1. The summed E-state index contributed by atoms with van der Waals surface area (Å²) in [4.78, 5) is 31.4. The average molecular weight is 471 g/mol. The van der Waals surface area contributed by atoms with Crippen molar-refractivity contribution in [3.63, 3.8) is 0 Å². The van der Waals surface area contributed by atoms with Crippen molar-refractivity contribution in [2.24, 2.45) is 11.7 Å². The summed E-state index contributed by atoms with van der Waals surface area (Å²) in [6.45, 7) is 5.79. The maximum Gasteiger partial charge on any atom is 0.267 e. The molecule has 5 rings (SSSR count). The molecule has 35 heavy (non-hydrogen) atoms. The lowest BCUT2D eigenvalue weighted by atomic mass is 9.79. The first kappa shape index (κ1) is 22.9. The van der Waals surface area contributed by atoms with Gasteiger partial charge in [0.05, 0.1) is 0 Å². The number of hydrogen-bond acceptors (Lipinski definition) is 4. The lowest BCUT2D eigenvalue weighted by Crippen LogP contribution is -2.39. The predicted octanol–water partition coefficient (Wildman–Crippen LogP) is 4.74. The Hall–Kier alpha value is -3.87. The van der Waals surface area contributed by atoms with Gasteiger partial charge in [0.1, 0.15) is 28.7 Å². The highest BCUT2D eigenvalue weighted by Gasteiger charge is 2.36. The zero-order valence-corrected chi connectivity index (χ0v) is 19.7. The van der Waals surface area contributed by atoms with Crippen molar-refractivity contribution in [1.82, 2.24) is 14.5 Å². The van der Waals surface area contributed by atoms with Crippen molar-refractivity contribution in [2.75, 3.05) is 13.1 Å². The van der Waals surface area contributed by atoms with Crippen LogP contribution in [0.15, 0.2) is 67.3 Å². The van der Waals surface area contributed by atoms with Gasteiger partial charge in [-0.25, -0.2) is 4.98 Å². The van der Waals surface area contributed by atoms with E-state index in [-0.39, 0.29) is 11.8 Å².